The Bertz CT molecular complexity index is 875. The molecule has 3 aromatic rings. The van der Waals surface area contributed by atoms with E-state index in [0.29, 0.717) is 15.6 Å². The normalized spacial score (nSPS) is 12.1. The summed E-state index contributed by atoms with van der Waals surface area (Å²) in [6.07, 6.45) is 1.71. The molecule has 116 valence electrons. The molecular formula is C18H14Cl2N2O. The molecule has 0 fully saturated rings. The lowest BCUT2D eigenvalue weighted by Crippen LogP contribution is -2.26. The highest BCUT2D eigenvalue weighted by Gasteiger charge is 2.14. The average molecular weight is 345 g/mol. The third-order valence-electron chi connectivity index (χ3n) is 3.68. The van der Waals surface area contributed by atoms with Gasteiger partial charge in [-0.2, -0.15) is 0 Å². The van der Waals surface area contributed by atoms with Gasteiger partial charge in [0.1, 0.15) is 0 Å². The second kappa shape index (κ2) is 6.57. The van der Waals surface area contributed by atoms with Gasteiger partial charge >= 0.3 is 0 Å². The van der Waals surface area contributed by atoms with Crippen molar-refractivity contribution >= 4 is 40.0 Å². The van der Waals surface area contributed by atoms with Crippen molar-refractivity contribution in [2.24, 2.45) is 0 Å². The van der Waals surface area contributed by atoms with Crippen LogP contribution in [0.2, 0.25) is 10.0 Å². The molecule has 3 nitrogen and oxygen atoms in total. The predicted octanol–water partition coefficient (Wildman–Crippen LogP) is 5.03. The Kier molecular flexibility index (Phi) is 4.51. The van der Waals surface area contributed by atoms with E-state index in [-0.39, 0.29) is 11.9 Å². The fourth-order valence-electron chi connectivity index (χ4n) is 2.44. The minimum absolute atomic E-state index is 0.151. The number of rotatable bonds is 3. The Morgan fingerprint density at radius 2 is 1.91 bits per heavy atom. The molecule has 3 rings (SSSR count). The molecule has 0 aliphatic carbocycles. The van der Waals surface area contributed by atoms with Crippen LogP contribution in [-0.4, -0.2) is 10.9 Å². The number of amides is 1. The van der Waals surface area contributed by atoms with Crippen LogP contribution in [0.15, 0.2) is 54.7 Å². The van der Waals surface area contributed by atoms with Crippen molar-refractivity contribution in [1.82, 2.24) is 10.3 Å². The summed E-state index contributed by atoms with van der Waals surface area (Å²) in [6, 6.07) is 14.4. The van der Waals surface area contributed by atoms with Gasteiger partial charge < -0.3 is 5.32 Å². The van der Waals surface area contributed by atoms with Crippen LogP contribution in [-0.2, 0) is 0 Å². The summed E-state index contributed by atoms with van der Waals surface area (Å²) < 4.78 is 0. The second-order valence-corrected chi connectivity index (χ2v) is 6.06. The van der Waals surface area contributed by atoms with Crippen molar-refractivity contribution in [1.29, 1.82) is 0 Å². The zero-order chi connectivity index (χ0) is 16.4. The van der Waals surface area contributed by atoms with E-state index in [2.05, 4.69) is 10.3 Å². The Morgan fingerprint density at radius 1 is 1.09 bits per heavy atom. The van der Waals surface area contributed by atoms with Crippen LogP contribution in [0.4, 0.5) is 0 Å². The first-order chi connectivity index (χ1) is 11.1. The summed E-state index contributed by atoms with van der Waals surface area (Å²) in [6.45, 7) is 1.90. The Labute approximate surface area is 144 Å². The molecule has 1 aromatic heterocycles. The Morgan fingerprint density at radius 3 is 2.70 bits per heavy atom. The summed E-state index contributed by atoms with van der Waals surface area (Å²) in [7, 11) is 0. The SMILES string of the molecule is CC(NC(=O)c1cccc2ncccc12)c1ccc(Cl)c(Cl)c1. The molecule has 1 amide bonds. The Hall–Kier alpha value is -2.10. The van der Waals surface area contributed by atoms with Crippen LogP contribution in [0, 0.1) is 0 Å². The quantitative estimate of drug-likeness (QED) is 0.723. The first-order valence-corrected chi connectivity index (χ1v) is 7.91. The molecule has 0 radical (unpaired) electrons. The first-order valence-electron chi connectivity index (χ1n) is 7.16. The molecule has 0 saturated heterocycles. The largest absolute Gasteiger partial charge is 0.345 e. The highest BCUT2D eigenvalue weighted by molar-refractivity contribution is 6.42. The maximum atomic E-state index is 12.6. The maximum Gasteiger partial charge on any atom is 0.252 e. The van der Waals surface area contributed by atoms with Gasteiger partial charge in [0.05, 0.1) is 21.6 Å². The standard InChI is InChI=1S/C18H14Cl2N2O/c1-11(12-7-8-15(19)16(20)10-12)22-18(23)14-4-2-6-17-13(14)5-3-9-21-17/h2-11H,1H3,(H,22,23). The third kappa shape index (κ3) is 3.31. The van der Waals surface area contributed by atoms with Crippen LogP contribution in [0.1, 0.15) is 28.9 Å². The van der Waals surface area contributed by atoms with Gasteiger partial charge in [-0.1, -0.05) is 41.4 Å². The van der Waals surface area contributed by atoms with E-state index < -0.39 is 0 Å². The van der Waals surface area contributed by atoms with Gasteiger partial charge in [0.2, 0.25) is 0 Å². The van der Waals surface area contributed by atoms with Gasteiger partial charge in [-0.15, -0.1) is 0 Å². The Balaban J connectivity index is 1.87. The van der Waals surface area contributed by atoms with Crippen LogP contribution < -0.4 is 5.32 Å². The van der Waals surface area contributed by atoms with Crippen molar-refractivity contribution in [3.8, 4) is 0 Å². The number of halogens is 2. The molecule has 1 N–H and O–H groups in total. The van der Waals surface area contributed by atoms with Crippen molar-refractivity contribution < 1.29 is 4.79 Å². The molecule has 0 bridgehead atoms. The fraction of sp³-hybridized carbons (Fsp3) is 0.111. The van der Waals surface area contributed by atoms with Gasteiger partial charge in [-0.05, 0) is 42.8 Å². The minimum atomic E-state index is -0.191. The highest BCUT2D eigenvalue weighted by atomic mass is 35.5. The van der Waals surface area contributed by atoms with E-state index in [1.54, 1.807) is 24.4 Å². The number of fused-ring (bicyclic) bond motifs is 1. The second-order valence-electron chi connectivity index (χ2n) is 5.24. The number of carbonyl (C=O) groups excluding carboxylic acids is 1. The van der Waals surface area contributed by atoms with Crippen LogP contribution in [0.3, 0.4) is 0 Å². The number of pyridine rings is 1. The molecule has 0 aliphatic heterocycles. The topological polar surface area (TPSA) is 42.0 Å². The summed E-state index contributed by atoms with van der Waals surface area (Å²) in [5.41, 5.74) is 2.29. The molecule has 23 heavy (non-hydrogen) atoms. The molecule has 0 aliphatic rings. The zero-order valence-electron chi connectivity index (χ0n) is 12.4. The van der Waals surface area contributed by atoms with Crippen molar-refractivity contribution in [2.45, 2.75) is 13.0 Å². The summed E-state index contributed by atoms with van der Waals surface area (Å²) in [4.78, 5) is 16.9. The number of hydrogen-bond acceptors (Lipinski definition) is 2. The monoisotopic (exact) mass is 344 g/mol. The van der Waals surface area contributed by atoms with E-state index in [4.69, 9.17) is 23.2 Å². The van der Waals surface area contributed by atoms with E-state index in [0.717, 1.165) is 16.5 Å². The van der Waals surface area contributed by atoms with Gasteiger partial charge in [0.25, 0.3) is 5.91 Å². The van der Waals surface area contributed by atoms with Crippen molar-refractivity contribution in [3.63, 3.8) is 0 Å². The van der Waals surface area contributed by atoms with E-state index >= 15 is 0 Å². The van der Waals surface area contributed by atoms with Crippen LogP contribution in [0.5, 0.6) is 0 Å². The van der Waals surface area contributed by atoms with Crippen molar-refractivity contribution in [3.05, 3.63) is 75.9 Å². The van der Waals surface area contributed by atoms with Crippen molar-refractivity contribution in [2.75, 3.05) is 0 Å². The van der Waals surface area contributed by atoms with Crippen LogP contribution >= 0.6 is 23.2 Å². The lowest BCUT2D eigenvalue weighted by atomic mass is 10.1. The third-order valence-corrected chi connectivity index (χ3v) is 4.42. The molecule has 1 heterocycles. The number of aromatic nitrogens is 1. The minimum Gasteiger partial charge on any atom is -0.345 e. The summed E-state index contributed by atoms with van der Waals surface area (Å²) >= 11 is 12.0. The molecule has 1 unspecified atom stereocenters. The number of nitrogens with zero attached hydrogens (tertiary/aromatic N) is 1. The van der Waals surface area contributed by atoms with Gasteiger partial charge in [-0.25, -0.2) is 0 Å². The zero-order valence-corrected chi connectivity index (χ0v) is 13.9. The number of benzene rings is 2. The van der Waals surface area contributed by atoms with E-state index in [1.807, 2.05) is 37.3 Å². The number of carbonyl (C=O) groups is 1. The predicted molar refractivity (Wildman–Crippen MR) is 94.1 cm³/mol. The average Bonchev–Trinajstić information content (AvgIpc) is 2.56. The number of hydrogen-bond donors (Lipinski definition) is 1. The van der Waals surface area contributed by atoms with E-state index in [1.165, 1.54) is 0 Å². The summed E-state index contributed by atoms with van der Waals surface area (Å²) in [5, 5.41) is 4.78. The highest BCUT2D eigenvalue weighted by Crippen LogP contribution is 2.26. The fourth-order valence-corrected chi connectivity index (χ4v) is 2.75. The molecule has 0 saturated carbocycles. The van der Waals surface area contributed by atoms with Gasteiger partial charge in [-0.3, -0.25) is 9.78 Å². The molecule has 5 heteroatoms. The lowest BCUT2D eigenvalue weighted by Gasteiger charge is -2.16. The molecule has 2 aromatic carbocycles. The number of nitrogens with one attached hydrogen (secondary N) is 1. The molecular weight excluding hydrogens is 331 g/mol. The molecule has 1 atom stereocenters. The summed E-state index contributed by atoms with van der Waals surface area (Å²) in [5.74, 6) is -0.151. The lowest BCUT2D eigenvalue weighted by molar-refractivity contribution is 0.0941. The van der Waals surface area contributed by atoms with Crippen LogP contribution in [0.25, 0.3) is 10.9 Å². The van der Waals surface area contributed by atoms with E-state index in [9.17, 15) is 4.79 Å². The van der Waals surface area contributed by atoms with Gasteiger partial charge in [0.15, 0.2) is 0 Å². The van der Waals surface area contributed by atoms with Gasteiger partial charge in [0, 0.05) is 17.1 Å². The first kappa shape index (κ1) is 15.8. The maximum absolute atomic E-state index is 12.6. The molecule has 0 spiro atoms. The smallest absolute Gasteiger partial charge is 0.252 e.